The van der Waals surface area contributed by atoms with Gasteiger partial charge in [0.1, 0.15) is 11.7 Å². The molecule has 1 saturated heterocycles. The van der Waals surface area contributed by atoms with Crippen molar-refractivity contribution < 1.29 is 32.7 Å². The molecule has 0 aliphatic carbocycles. The Balaban J connectivity index is 2.12. The molecule has 2 aromatic rings. The Labute approximate surface area is 179 Å². The van der Waals surface area contributed by atoms with Crippen LogP contribution >= 0.6 is 12.2 Å². The van der Waals surface area contributed by atoms with E-state index in [0.717, 1.165) is 12.1 Å². The molecule has 164 valence electrons. The molecule has 0 spiro atoms. The molecule has 3 rings (SSSR count). The fourth-order valence-corrected chi connectivity index (χ4v) is 3.64. The van der Waals surface area contributed by atoms with Crippen molar-refractivity contribution in [3.8, 4) is 5.75 Å². The number of carbonyl (C=O) groups excluding carboxylic acids is 1. The Bertz CT molecular complexity index is 1010. The SMILES string of the molecule is COc1ccc(C(=O)C2C(c3ccc([N+](=O)[O-])cc3)NC(=S)NC2(O)C(F)(F)F)cc1. The third-order valence-corrected chi connectivity index (χ3v) is 5.15. The molecule has 2 aromatic carbocycles. The van der Waals surface area contributed by atoms with Crippen LogP contribution in [0.5, 0.6) is 5.75 Å². The van der Waals surface area contributed by atoms with Gasteiger partial charge in [0.15, 0.2) is 10.9 Å². The van der Waals surface area contributed by atoms with Crippen LogP contribution < -0.4 is 15.4 Å². The van der Waals surface area contributed by atoms with Crippen molar-refractivity contribution in [2.24, 2.45) is 5.92 Å². The second kappa shape index (κ2) is 8.12. The lowest BCUT2D eigenvalue weighted by atomic mass is 9.77. The quantitative estimate of drug-likeness (QED) is 0.273. The van der Waals surface area contributed by atoms with E-state index in [2.05, 4.69) is 5.32 Å². The Kier molecular flexibility index (Phi) is 5.87. The van der Waals surface area contributed by atoms with Gasteiger partial charge in [0, 0.05) is 17.7 Å². The van der Waals surface area contributed by atoms with Crippen molar-refractivity contribution in [3.63, 3.8) is 0 Å². The minimum atomic E-state index is -5.27. The Morgan fingerprint density at radius 3 is 2.26 bits per heavy atom. The van der Waals surface area contributed by atoms with Crippen molar-refractivity contribution in [1.82, 2.24) is 10.6 Å². The predicted octanol–water partition coefficient (Wildman–Crippen LogP) is 2.87. The van der Waals surface area contributed by atoms with E-state index < -0.39 is 39.7 Å². The molecular formula is C19H16F3N3O5S. The molecule has 0 bridgehead atoms. The molecule has 0 radical (unpaired) electrons. The minimum Gasteiger partial charge on any atom is -0.497 e. The number of alkyl halides is 3. The number of aliphatic hydroxyl groups is 1. The van der Waals surface area contributed by atoms with Gasteiger partial charge in [0.05, 0.1) is 18.1 Å². The number of thiocarbonyl (C=S) groups is 1. The third-order valence-electron chi connectivity index (χ3n) is 4.93. The van der Waals surface area contributed by atoms with Gasteiger partial charge < -0.3 is 20.5 Å². The van der Waals surface area contributed by atoms with E-state index in [1.54, 1.807) is 5.32 Å². The highest BCUT2D eigenvalue weighted by Crippen LogP contribution is 2.44. The molecule has 0 saturated carbocycles. The van der Waals surface area contributed by atoms with Gasteiger partial charge >= 0.3 is 6.18 Å². The van der Waals surface area contributed by atoms with Crippen LogP contribution in [0, 0.1) is 16.0 Å². The molecule has 0 aromatic heterocycles. The van der Waals surface area contributed by atoms with Gasteiger partial charge in [0.25, 0.3) is 5.69 Å². The van der Waals surface area contributed by atoms with E-state index >= 15 is 0 Å². The number of ether oxygens (including phenoxy) is 1. The molecule has 8 nitrogen and oxygen atoms in total. The summed E-state index contributed by atoms with van der Waals surface area (Å²) in [6.07, 6.45) is -5.27. The summed E-state index contributed by atoms with van der Waals surface area (Å²) in [6.45, 7) is 0. The standard InChI is InChI=1S/C19H16F3N3O5S/c1-30-13-8-4-11(5-9-13)16(26)14-15(10-2-6-12(7-3-10)25(28)29)23-17(31)24-18(14,27)19(20,21)22/h2-9,14-15,27H,1H3,(H2,23,24,31). The number of carbonyl (C=O) groups is 1. The molecular weight excluding hydrogens is 439 g/mol. The molecule has 1 fully saturated rings. The number of methoxy groups -OCH3 is 1. The van der Waals surface area contributed by atoms with Crippen LogP contribution in [0.15, 0.2) is 48.5 Å². The van der Waals surface area contributed by atoms with Gasteiger partial charge in [-0.3, -0.25) is 14.9 Å². The van der Waals surface area contributed by atoms with E-state index in [4.69, 9.17) is 17.0 Å². The van der Waals surface area contributed by atoms with Gasteiger partial charge in [-0.15, -0.1) is 0 Å². The van der Waals surface area contributed by atoms with E-state index in [1.165, 1.54) is 43.5 Å². The number of rotatable bonds is 5. The molecule has 3 atom stereocenters. The highest BCUT2D eigenvalue weighted by atomic mass is 32.1. The summed E-state index contributed by atoms with van der Waals surface area (Å²) in [5.41, 5.74) is -3.97. The van der Waals surface area contributed by atoms with Gasteiger partial charge in [-0.2, -0.15) is 13.2 Å². The first-order valence-corrected chi connectivity index (χ1v) is 9.19. The van der Waals surface area contributed by atoms with Gasteiger partial charge in [-0.25, -0.2) is 0 Å². The highest BCUT2D eigenvalue weighted by Gasteiger charge is 2.65. The molecule has 1 aliphatic heterocycles. The molecule has 12 heteroatoms. The molecule has 1 heterocycles. The predicted molar refractivity (Wildman–Crippen MR) is 107 cm³/mol. The van der Waals surface area contributed by atoms with Crippen LogP contribution in [-0.2, 0) is 0 Å². The van der Waals surface area contributed by atoms with Crippen LogP contribution in [0.25, 0.3) is 0 Å². The summed E-state index contributed by atoms with van der Waals surface area (Å²) in [5, 5.41) is 25.4. The van der Waals surface area contributed by atoms with Gasteiger partial charge in [0.2, 0.25) is 5.72 Å². The maximum absolute atomic E-state index is 13.9. The van der Waals surface area contributed by atoms with E-state index in [0.29, 0.717) is 5.75 Å². The first-order chi connectivity index (χ1) is 14.5. The zero-order valence-corrected chi connectivity index (χ0v) is 16.7. The lowest BCUT2D eigenvalue weighted by Gasteiger charge is -2.46. The lowest BCUT2D eigenvalue weighted by molar-refractivity contribution is -0.384. The first-order valence-electron chi connectivity index (χ1n) is 8.78. The number of ketones is 1. The second-order valence-corrected chi connectivity index (χ2v) is 7.17. The number of nitro benzene ring substituents is 1. The fourth-order valence-electron chi connectivity index (χ4n) is 3.35. The van der Waals surface area contributed by atoms with Crippen LogP contribution in [0.4, 0.5) is 18.9 Å². The van der Waals surface area contributed by atoms with Crippen molar-refractivity contribution in [3.05, 3.63) is 69.8 Å². The largest absolute Gasteiger partial charge is 0.497 e. The summed E-state index contributed by atoms with van der Waals surface area (Å²) in [7, 11) is 1.39. The van der Waals surface area contributed by atoms with E-state index in [-0.39, 0.29) is 16.8 Å². The zero-order chi connectivity index (χ0) is 23.0. The van der Waals surface area contributed by atoms with Crippen molar-refractivity contribution in [2.45, 2.75) is 17.9 Å². The second-order valence-electron chi connectivity index (χ2n) is 6.76. The third kappa shape index (κ3) is 4.16. The average Bonchev–Trinajstić information content (AvgIpc) is 2.72. The number of nitrogens with one attached hydrogen (secondary N) is 2. The number of nitro groups is 1. The summed E-state index contributed by atoms with van der Waals surface area (Å²) in [4.78, 5) is 23.4. The van der Waals surface area contributed by atoms with Crippen molar-refractivity contribution in [1.29, 1.82) is 0 Å². The number of Topliss-reactive ketones (excluding diaryl/α,β-unsaturated/α-hetero) is 1. The molecule has 0 amide bonds. The lowest BCUT2D eigenvalue weighted by Crippen LogP contribution is -2.72. The van der Waals surface area contributed by atoms with Gasteiger partial charge in [-0.05, 0) is 42.0 Å². The Hall–Kier alpha value is -3.25. The Morgan fingerprint density at radius 2 is 1.77 bits per heavy atom. The minimum absolute atomic E-state index is 0.100. The van der Waals surface area contributed by atoms with Crippen molar-refractivity contribution >= 4 is 28.8 Å². The monoisotopic (exact) mass is 455 g/mol. The number of halogens is 3. The van der Waals surface area contributed by atoms with Crippen LogP contribution in [0.1, 0.15) is 22.0 Å². The summed E-state index contributed by atoms with van der Waals surface area (Å²) >= 11 is 4.84. The Morgan fingerprint density at radius 1 is 1.19 bits per heavy atom. The van der Waals surface area contributed by atoms with E-state index in [1.807, 2.05) is 0 Å². The number of benzene rings is 2. The topological polar surface area (TPSA) is 114 Å². The van der Waals surface area contributed by atoms with Crippen LogP contribution in [-0.4, -0.2) is 39.9 Å². The summed E-state index contributed by atoms with van der Waals surface area (Å²) in [5.74, 6) is -2.74. The average molecular weight is 455 g/mol. The number of non-ortho nitro benzene ring substituents is 1. The maximum Gasteiger partial charge on any atom is 0.437 e. The summed E-state index contributed by atoms with van der Waals surface area (Å²) in [6, 6.07) is 8.51. The molecule has 1 aliphatic rings. The van der Waals surface area contributed by atoms with Gasteiger partial charge in [-0.1, -0.05) is 12.1 Å². The highest BCUT2D eigenvalue weighted by molar-refractivity contribution is 7.80. The summed E-state index contributed by atoms with van der Waals surface area (Å²) < 4.78 is 46.8. The smallest absolute Gasteiger partial charge is 0.437 e. The number of nitrogens with zero attached hydrogens (tertiary/aromatic N) is 1. The maximum atomic E-state index is 13.9. The molecule has 3 unspecified atom stereocenters. The van der Waals surface area contributed by atoms with Crippen molar-refractivity contribution in [2.75, 3.05) is 7.11 Å². The zero-order valence-electron chi connectivity index (χ0n) is 15.8. The van der Waals surface area contributed by atoms with E-state index in [9.17, 15) is 33.2 Å². The molecule has 31 heavy (non-hydrogen) atoms. The van der Waals surface area contributed by atoms with Crippen LogP contribution in [0.2, 0.25) is 0 Å². The number of hydrogen-bond acceptors (Lipinski definition) is 6. The normalized spacial score (nSPS) is 23.5. The molecule has 3 N–H and O–H groups in total. The van der Waals surface area contributed by atoms with Crippen LogP contribution in [0.3, 0.4) is 0 Å². The first kappa shape index (κ1) is 22.4. The fraction of sp³-hybridized carbons (Fsp3) is 0.263. The number of hydrogen-bond donors (Lipinski definition) is 3.